The molecule has 1 aromatic carbocycles. The van der Waals surface area contributed by atoms with Crippen molar-refractivity contribution in [2.24, 2.45) is 11.1 Å². The SMILES string of the molecule is CCOC(=O)C1=C(N)OC2=C(C(=O)CC(C)(C)C2)C1c1ccccc1[N+](=O)[O-]. The van der Waals surface area contributed by atoms with Gasteiger partial charge in [-0.05, 0) is 12.3 Å². The largest absolute Gasteiger partial charge is 0.462 e. The van der Waals surface area contributed by atoms with Crippen molar-refractivity contribution in [2.45, 2.75) is 39.5 Å². The van der Waals surface area contributed by atoms with Crippen LogP contribution in [0, 0.1) is 15.5 Å². The monoisotopic (exact) mass is 386 g/mol. The fraction of sp³-hybridized carbons (Fsp3) is 0.400. The molecule has 2 N–H and O–H groups in total. The molecular formula is C20H22N2O6. The number of carbonyl (C=O) groups excluding carboxylic acids is 2. The Morgan fingerprint density at radius 3 is 2.68 bits per heavy atom. The van der Waals surface area contributed by atoms with Crippen molar-refractivity contribution in [2.75, 3.05) is 6.61 Å². The number of esters is 1. The zero-order valence-corrected chi connectivity index (χ0v) is 16.0. The molecule has 0 saturated heterocycles. The second-order valence-corrected chi connectivity index (χ2v) is 7.63. The summed E-state index contributed by atoms with van der Waals surface area (Å²) < 4.78 is 10.8. The molecule has 1 atom stereocenters. The van der Waals surface area contributed by atoms with Gasteiger partial charge in [0, 0.05) is 30.0 Å². The van der Waals surface area contributed by atoms with E-state index in [1.54, 1.807) is 13.0 Å². The number of rotatable bonds is 4. The summed E-state index contributed by atoms with van der Waals surface area (Å²) in [5.74, 6) is -1.81. The third kappa shape index (κ3) is 3.37. The second kappa shape index (κ2) is 7.10. The fourth-order valence-electron chi connectivity index (χ4n) is 3.80. The molecule has 0 amide bonds. The molecule has 3 rings (SSSR count). The Bertz CT molecular complexity index is 928. The Hall–Kier alpha value is -3.16. The number of Topliss-reactive ketones (excluding diaryl/α,β-unsaturated/α-hetero) is 1. The summed E-state index contributed by atoms with van der Waals surface area (Å²) in [6, 6.07) is 6.01. The number of nitrogens with two attached hydrogens (primary N) is 1. The van der Waals surface area contributed by atoms with E-state index in [2.05, 4.69) is 0 Å². The van der Waals surface area contributed by atoms with Crippen molar-refractivity contribution in [3.63, 3.8) is 0 Å². The van der Waals surface area contributed by atoms with Crippen LogP contribution in [0.4, 0.5) is 5.69 Å². The maximum atomic E-state index is 13.0. The van der Waals surface area contributed by atoms with Crippen LogP contribution in [0.3, 0.4) is 0 Å². The van der Waals surface area contributed by atoms with Gasteiger partial charge in [-0.15, -0.1) is 0 Å². The predicted octanol–water partition coefficient (Wildman–Crippen LogP) is 3.09. The number of ether oxygens (including phenoxy) is 2. The number of carbonyl (C=O) groups is 2. The summed E-state index contributed by atoms with van der Waals surface area (Å²) >= 11 is 0. The first-order chi connectivity index (χ1) is 13.2. The standard InChI is InChI=1S/C20H22N2O6/c1-4-27-19(24)17-15(11-7-5-6-8-12(11)22(25)26)16-13(23)9-20(2,3)10-14(16)28-18(17)21/h5-8,15H,4,9-10,21H2,1-3H3. The average molecular weight is 386 g/mol. The molecule has 1 aromatic rings. The number of nitrogens with zero attached hydrogens (tertiary/aromatic N) is 1. The minimum atomic E-state index is -1.01. The van der Waals surface area contributed by atoms with Gasteiger partial charge in [0.25, 0.3) is 5.69 Å². The molecule has 28 heavy (non-hydrogen) atoms. The van der Waals surface area contributed by atoms with E-state index in [0.717, 1.165) is 0 Å². The summed E-state index contributed by atoms with van der Waals surface area (Å²) in [5.41, 5.74) is 5.87. The number of allylic oxidation sites excluding steroid dienone is 2. The molecule has 1 aliphatic heterocycles. The Morgan fingerprint density at radius 2 is 2.04 bits per heavy atom. The van der Waals surface area contributed by atoms with Crippen molar-refractivity contribution in [3.8, 4) is 0 Å². The number of nitro benzene ring substituents is 1. The van der Waals surface area contributed by atoms with Crippen molar-refractivity contribution in [1.82, 2.24) is 0 Å². The van der Waals surface area contributed by atoms with E-state index in [1.165, 1.54) is 18.2 Å². The molecule has 0 aromatic heterocycles. The molecule has 2 aliphatic rings. The smallest absolute Gasteiger partial charge is 0.340 e. The predicted molar refractivity (Wildman–Crippen MR) is 99.8 cm³/mol. The number of para-hydroxylation sites is 1. The van der Waals surface area contributed by atoms with Crippen molar-refractivity contribution in [1.29, 1.82) is 0 Å². The van der Waals surface area contributed by atoms with Crippen LogP contribution in [0.15, 0.2) is 47.1 Å². The van der Waals surface area contributed by atoms with Gasteiger partial charge >= 0.3 is 5.97 Å². The summed E-state index contributed by atoms with van der Waals surface area (Å²) in [6.45, 7) is 5.58. The van der Waals surface area contributed by atoms with Crippen LogP contribution >= 0.6 is 0 Å². The normalized spacial score (nSPS) is 21.1. The molecule has 8 nitrogen and oxygen atoms in total. The van der Waals surface area contributed by atoms with Crippen LogP contribution in [0.5, 0.6) is 0 Å². The molecule has 148 valence electrons. The van der Waals surface area contributed by atoms with Gasteiger partial charge in [-0.1, -0.05) is 32.0 Å². The molecular weight excluding hydrogens is 364 g/mol. The van der Waals surface area contributed by atoms with Crippen molar-refractivity contribution < 1.29 is 24.0 Å². The number of ketones is 1. The highest BCUT2D eigenvalue weighted by Crippen LogP contribution is 2.49. The van der Waals surface area contributed by atoms with E-state index in [1.807, 2.05) is 13.8 Å². The zero-order valence-electron chi connectivity index (χ0n) is 16.0. The van der Waals surface area contributed by atoms with Crippen LogP contribution in [-0.4, -0.2) is 23.3 Å². The molecule has 1 aliphatic carbocycles. The number of nitro groups is 1. The van der Waals surface area contributed by atoms with Gasteiger partial charge in [0.05, 0.1) is 17.4 Å². The van der Waals surface area contributed by atoms with Crippen molar-refractivity contribution >= 4 is 17.4 Å². The van der Waals surface area contributed by atoms with Crippen LogP contribution in [0.2, 0.25) is 0 Å². The Balaban J connectivity index is 2.26. The summed E-state index contributed by atoms with van der Waals surface area (Å²) in [5, 5.41) is 11.6. The summed E-state index contributed by atoms with van der Waals surface area (Å²) in [6.07, 6.45) is 0.671. The van der Waals surface area contributed by atoms with Gasteiger partial charge in [-0.3, -0.25) is 14.9 Å². The molecule has 8 heteroatoms. The van der Waals surface area contributed by atoms with Gasteiger partial charge in [0.15, 0.2) is 5.78 Å². The van der Waals surface area contributed by atoms with Crippen LogP contribution in [0.25, 0.3) is 0 Å². The minimum Gasteiger partial charge on any atom is -0.462 e. The molecule has 0 spiro atoms. The maximum absolute atomic E-state index is 13.0. The first-order valence-corrected chi connectivity index (χ1v) is 9.00. The van der Waals surface area contributed by atoms with Crippen LogP contribution < -0.4 is 5.73 Å². The molecule has 0 bridgehead atoms. The Morgan fingerprint density at radius 1 is 1.36 bits per heavy atom. The molecule has 0 radical (unpaired) electrons. The highest BCUT2D eigenvalue weighted by Gasteiger charge is 2.46. The van der Waals surface area contributed by atoms with Crippen molar-refractivity contribution in [3.05, 3.63) is 62.7 Å². The van der Waals surface area contributed by atoms with E-state index in [-0.39, 0.29) is 52.5 Å². The van der Waals surface area contributed by atoms with E-state index in [4.69, 9.17) is 15.2 Å². The molecule has 0 saturated carbocycles. The van der Waals surface area contributed by atoms with Gasteiger partial charge in [0.2, 0.25) is 5.88 Å². The minimum absolute atomic E-state index is 0.0806. The quantitative estimate of drug-likeness (QED) is 0.479. The zero-order chi connectivity index (χ0) is 20.6. The van der Waals surface area contributed by atoms with Gasteiger partial charge in [-0.25, -0.2) is 4.79 Å². The van der Waals surface area contributed by atoms with E-state index < -0.39 is 16.8 Å². The molecule has 1 unspecified atom stereocenters. The van der Waals surface area contributed by atoms with Crippen LogP contribution in [-0.2, 0) is 19.1 Å². The lowest BCUT2D eigenvalue weighted by molar-refractivity contribution is -0.385. The van der Waals surface area contributed by atoms with Crippen LogP contribution in [0.1, 0.15) is 45.1 Å². The number of benzene rings is 1. The lowest BCUT2D eigenvalue weighted by Crippen LogP contribution is -2.36. The van der Waals surface area contributed by atoms with E-state index in [9.17, 15) is 19.7 Å². The van der Waals surface area contributed by atoms with E-state index in [0.29, 0.717) is 12.2 Å². The fourth-order valence-corrected chi connectivity index (χ4v) is 3.80. The topological polar surface area (TPSA) is 122 Å². The first kappa shape index (κ1) is 19.6. The maximum Gasteiger partial charge on any atom is 0.340 e. The first-order valence-electron chi connectivity index (χ1n) is 9.00. The molecule has 1 heterocycles. The highest BCUT2D eigenvalue weighted by molar-refractivity contribution is 6.04. The summed E-state index contributed by atoms with van der Waals surface area (Å²) in [7, 11) is 0. The molecule has 0 fully saturated rings. The number of hydrogen-bond donors (Lipinski definition) is 1. The summed E-state index contributed by atoms with van der Waals surface area (Å²) in [4.78, 5) is 36.7. The third-order valence-electron chi connectivity index (χ3n) is 4.89. The lowest BCUT2D eigenvalue weighted by Gasteiger charge is -2.37. The lowest BCUT2D eigenvalue weighted by atomic mass is 9.70. The second-order valence-electron chi connectivity index (χ2n) is 7.63. The van der Waals surface area contributed by atoms with E-state index >= 15 is 0 Å². The van der Waals surface area contributed by atoms with Gasteiger partial charge in [-0.2, -0.15) is 0 Å². The van der Waals surface area contributed by atoms with Gasteiger partial charge < -0.3 is 15.2 Å². The van der Waals surface area contributed by atoms with Gasteiger partial charge in [0.1, 0.15) is 11.3 Å². The average Bonchev–Trinajstić information content (AvgIpc) is 2.59. The Labute approximate surface area is 162 Å². The number of hydrogen-bond acceptors (Lipinski definition) is 7. The Kier molecular flexibility index (Phi) is 4.97. The highest BCUT2D eigenvalue weighted by atomic mass is 16.6. The third-order valence-corrected chi connectivity index (χ3v) is 4.89.